The van der Waals surface area contributed by atoms with Gasteiger partial charge in [0.25, 0.3) is 5.91 Å². The second-order valence-electron chi connectivity index (χ2n) is 4.98. The molecule has 1 aromatic heterocycles. The molecular weight excluding hydrogens is 346 g/mol. The van der Waals surface area contributed by atoms with Gasteiger partial charge in [0.05, 0.1) is 17.6 Å². The summed E-state index contributed by atoms with van der Waals surface area (Å²) in [5.41, 5.74) is 1.05. The highest BCUT2D eigenvalue weighted by Crippen LogP contribution is 2.33. The van der Waals surface area contributed by atoms with Gasteiger partial charge in [0, 0.05) is 18.7 Å². The number of hydrogen-bond donors (Lipinski definition) is 0. The van der Waals surface area contributed by atoms with Gasteiger partial charge in [-0.15, -0.1) is 0 Å². The molecule has 0 saturated carbocycles. The zero-order chi connectivity index (χ0) is 17.3. The molecule has 0 spiro atoms. The summed E-state index contributed by atoms with van der Waals surface area (Å²) in [6.07, 6.45) is 1.65. The second kappa shape index (κ2) is 6.62. The Hall–Kier alpha value is -2.38. The predicted octanol–water partition coefficient (Wildman–Crippen LogP) is 3.56. The number of nitrogens with zero attached hydrogens (tertiary/aromatic N) is 1. The number of carbonyl (C=O) groups is 2. The van der Waals surface area contributed by atoms with Crippen LogP contribution in [0.4, 0.5) is 0 Å². The Kier molecular flexibility index (Phi) is 4.55. The molecule has 1 aliphatic rings. The Bertz CT molecular complexity index is 869. The smallest absolute Gasteiger partial charge is 0.338 e. The standard InChI is InChI=1S/C17H13NO4S2/c1-18-15(19)14(24-17(18)23)9-10-7-8-13(22-10)11-5-3-4-6-12(11)16(20)21-2/h3-9H,1-2H3/b14-9+. The van der Waals surface area contributed by atoms with Gasteiger partial charge >= 0.3 is 5.97 Å². The largest absolute Gasteiger partial charge is 0.465 e. The van der Waals surface area contributed by atoms with Crippen molar-refractivity contribution in [1.29, 1.82) is 0 Å². The Morgan fingerprint density at radius 2 is 2.04 bits per heavy atom. The lowest BCUT2D eigenvalue weighted by Crippen LogP contribution is -2.22. The summed E-state index contributed by atoms with van der Waals surface area (Å²) in [6.45, 7) is 0. The summed E-state index contributed by atoms with van der Waals surface area (Å²) >= 11 is 6.33. The Morgan fingerprint density at radius 3 is 2.71 bits per heavy atom. The van der Waals surface area contributed by atoms with Crippen molar-refractivity contribution in [2.24, 2.45) is 0 Å². The van der Waals surface area contributed by atoms with E-state index < -0.39 is 5.97 Å². The van der Waals surface area contributed by atoms with Crippen molar-refractivity contribution in [1.82, 2.24) is 4.90 Å². The summed E-state index contributed by atoms with van der Waals surface area (Å²) < 4.78 is 11.1. The number of hydrogen-bond acceptors (Lipinski definition) is 6. The lowest BCUT2D eigenvalue weighted by atomic mass is 10.1. The van der Waals surface area contributed by atoms with E-state index in [1.807, 2.05) is 6.07 Å². The van der Waals surface area contributed by atoms with Crippen LogP contribution in [0.1, 0.15) is 16.1 Å². The highest BCUT2D eigenvalue weighted by Gasteiger charge is 2.29. The second-order valence-corrected chi connectivity index (χ2v) is 6.66. The van der Waals surface area contributed by atoms with Crippen molar-refractivity contribution in [2.75, 3.05) is 14.2 Å². The first kappa shape index (κ1) is 16.5. The van der Waals surface area contributed by atoms with Gasteiger partial charge in [0.15, 0.2) is 0 Å². The van der Waals surface area contributed by atoms with Gasteiger partial charge in [-0.25, -0.2) is 4.79 Å². The fourth-order valence-electron chi connectivity index (χ4n) is 2.24. The number of thioether (sulfide) groups is 1. The molecule has 0 aliphatic carbocycles. The van der Waals surface area contributed by atoms with E-state index >= 15 is 0 Å². The first-order chi connectivity index (χ1) is 11.5. The molecule has 2 heterocycles. The molecule has 2 aromatic rings. The van der Waals surface area contributed by atoms with Crippen LogP contribution in [0.15, 0.2) is 45.7 Å². The van der Waals surface area contributed by atoms with Crippen LogP contribution in [-0.4, -0.2) is 35.3 Å². The Labute approximate surface area is 148 Å². The molecule has 0 N–H and O–H groups in total. The van der Waals surface area contributed by atoms with Crippen molar-refractivity contribution in [3.63, 3.8) is 0 Å². The molecule has 3 rings (SSSR count). The highest BCUT2D eigenvalue weighted by molar-refractivity contribution is 8.26. The van der Waals surface area contributed by atoms with Crippen molar-refractivity contribution >= 4 is 46.3 Å². The maximum Gasteiger partial charge on any atom is 0.338 e. The summed E-state index contributed by atoms with van der Waals surface area (Å²) in [4.78, 5) is 25.8. The number of methoxy groups -OCH3 is 1. The van der Waals surface area contributed by atoms with Crippen LogP contribution in [0, 0.1) is 0 Å². The van der Waals surface area contributed by atoms with Crippen LogP contribution in [0.2, 0.25) is 0 Å². The molecule has 0 atom stereocenters. The molecule has 0 bridgehead atoms. The monoisotopic (exact) mass is 359 g/mol. The number of benzene rings is 1. The molecule has 1 aromatic carbocycles. The number of furan rings is 1. The van der Waals surface area contributed by atoms with Gasteiger partial charge < -0.3 is 9.15 Å². The van der Waals surface area contributed by atoms with Gasteiger partial charge in [0.2, 0.25) is 0 Å². The zero-order valence-electron chi connectivity index (χ0n) is 12.9. The number of esters is 1. The van der Waals surface area contributed by atoms with Crippen molar-refractivity contribution in [3.8, 4) is 11.3 Å². The van der Waals surface area contributed by atoms with Crippen LogP contribution in [0.3, 0.4) is 0 Å². The maximum absolute atomic E-state index is 12.0. The fourth-order valence-corrected chi connectivity index (χ4v) is 3.40. The predicted molar refractivity (Wildman–Crippen MR) is 96.4 cm³/mol. The Morgan fingerprint density at radius 1 is 1.29 bits per heavy atom. The van der Waals surface area contributed by atoms with Crippen LogP contribution in [0.5, 0.6) is 0 Å². The Balaban J connectivity index is 1.94. The van der Waals surface area contributed by atoms with Gasteiger partial charge in [-0.05, 0) is 18.2 Å². The van der Waals surface area contributed by atoms with Crippen LogP contribution >= 0.6 is 24.0 Å². The summed E-state index contributed by atoms with van der Waals surface area (Å²) in [5, 5.41) is 0. The third-order valence-corrected chi connectivity index (χ3v) is 4.97. The van der Waals surface area contributed by atoms with Crippen molar-refractivity contribution in [3.05, 3.63) is 52.6 Å². The maximum atomic E-state index is 12.0. The minimum absolute atomic E-state index is 0.155. The quantitative estimate of drug-likeness (QED) is 0.474. The van der Waals surface area contributed by atoms with E-state index in [2.05, 4.69) is 0 Å². The average molecular weight is 359 g/mol. The van der Waals surface area contributed by atoms with E-state index in [0.29, 0.717) is 31.9 Å². The lowest BCUT2D eigenvalue weighted by Gasteiger charge is -2.04. The summed E-state index contributed by atoms with van der Waals surface area (Å²) in [7, 11) is 2.97. The number of ether oxygens (including phenoxy) is 1. The fraction of sp³-hybridized carbons (Fsp3) is 0.118. The number of thiocarbonyl (C=S) groups is 1. The molecule has 5 nitrogen and oxygen atoms in total. The first-order valence-electron chi connectivity index (χ1n) is 7.00. The molecule has 122 valence electrons. The summed E-state index contributed by atoms with van der Waals surface area (Å²) in [6, 6.07) is 10.5. The molecule has 1 saturated heterocycles. The molecule has 0 unspecified atom stereocenters. The van der Waals surface area contributed by atoms with E-state index in [9.17, 15) is 9.59 Å². The topological polar surface area (TPSA) is 59.8 Å². The van der Waals surface area contributed by atoms with Gasteiger partial charge in [-0.3, -0.25) is 9.69 Å². The van der Waals surface area contributed by atoms with E-state index in [1.165, 1.54) is 23.8 Å². The van der Waals surface area contributed by atoms with E-state index in [1.54, 1.807) is 43.5 Å². The normalized spacial score (nSPS) is 16.1. The molecule has 24 heavy (non-hydrogen) atoms. The number of amides is 1. The van der Waals surface area contributed by atoms with E-state index in [4.69, 9.17) is 21.4 Å². The first-order valence-corrected chi connectivity index (χ1v) is 8.23. The van der Waals surface area contributed by atoms with Crippen molar-refractivity contribution < 1.29 is 18.7 Å². The number of rotatable bonds is 3. The molecular formula is C17H13NO4S2. The number of carbonyl (C=O) groups excluding carboxylic acids is 2. The van der Waals surface area contributed by atoms with Gasteiger partial charge in [-0.1, -0.05) is 42.2 Å². The van der Waals surface area contributed by atoms with Crippen LogP contribution < -0.4 is 0 Å². The van der Waals surface area contributed by atoms with Gasteiger partial charge in [-0.2, -0.15) is 0 Å². The molecule has 1 aliphatic heterocycles. The summed E-state index contributed by atoms with van der Waals surface area (Å²) in [5.74, 6) is 0.446. The third kappa shape index (κ3) is 3.00. The van der Waals surface area contributed by atoms with E-state index in [-0.39, 0.29) is 5.91 Å². The third-order valence-electron chi connectivity index (χ3n) is 3.48. The highest BCUT2D eigenvalue weighted by atomic mass is 32.2. The molecule has 1 fully saturated rings. The SMILES string of the molecule is COC(=O)c1ccccc1-c1ccc(/C=C2/SC(=S)N(C)C2=O)o1. The minimum Gasteiger partial charge on any atom is -0.465 e. The van der Waals surface area contributed by atoms with Crippen molar-refractivity contribution in [2.45, 2.75) is 0 Å². The van der Waals surface area contributed by atoms with Gasteiger partial charge in [0.1, 0.15) is 15.8 Å². The van der Waals surface area contributed by atoms with Crippen LogP contribution in [-0.2, 0) is 9.53 Å². The minimum atomic E-state index is -0.435. The van der Waals surface area contributed by atoms with Crippen LogP contribution in [0.25, 0.3) is 17.4 Å². The molecule has 1 amide bonds. The molecule has 7 heteroatoms. The number of likely N-dealkylation sites (N-methyl/N-ethyl adjacent to an activating group) is 1. The lowest BCUT2D eigenvalue weighted by molar-refractivity contribution is -0.121. The molecule has 0 radical (unpaired) electrons. The zero-order valence-corrected chi connectivity index (χ0v) is 14.6. The van der Waals surface area contributed by atoms with E-state index in [0.717, 1.165) is 0 Å². The average Bonchev–Trinajstić information content (AvgIpc) is 3.15.